The minimum atomic E-state index is -0.909. The number of rotatable bonds is 5. The molecule has 3 rings (SSSR count). The van der Waals surface area contributed by atoms with Crippen LogP contribution < -0.4 is 0 Å². The van der Waals surface area contributed by atoms with E-state index in [1.807, 2.05) is 33.8 Å². The molecule has 2 amide bonds. The van der Waals surface area contributed by atoms with Crippen molar-refractivity contribution in [3.8, 4) is 0 Å². The van der Waals surface area contributed by atoms with Crippen LogP contribution in [0.3, 0.4) is 0 Å². The Morgan fingerprint density at radius 3 is 2.12 bits per heavy atom. The monoisotopic (exact) mass is 345 g/mol. The van der Waals surface area contributed by atoms with Gasteiger partial charge in [-0.25, -0.2) is 0 Å². The van der Waals surface area contributed by atoms with E-state index in [0.717, 1.165) is 18.4 Å². The van der Waals surface area contributed by atoms with Crippen molar-refractivity contribution >= 4 is 17.8 Å². The summed E-state index contributed by atoms with van der Waals surface area (Å²) in [6, 6.07) is 0. The van der Waals surface area contributed by atoms with Crippen molar-refractivity contribution in [3.63, 3.8) is 0 Å². The summed E-state index contributed by atoms with van der Waals surface area (Å²) in [4.78, 5) is 38.5. The number of allylic oxidation sites excluding steroid dienone is 2. The van der Waals surface area contributed by atoms with Gasteiger partial charge in [-0.1, -0.05) is 25.5 Å². The van der Waals surface area contributed by atoms with Crippen LogP contribution in [0.25, 0.3) is 0 Å². The zero-order valence-electron chi connectivity index (χ0n) is 15.5. The third-order valence-corrected chi connectivity index (χ3v) is 6.46. The largest absolute Gasteiger partial charge is 0.481 e. The molecule has 25 heavy (non-hydrogen) atoms. The number of hydrogen-bond acceptors (Lipinski definition) is 3. The van der Waals surface area contributed by atoms with E-state index in [0.29, 0.717) is 30.4 Å². The number of carboxylic acids is 1. The Morgan fingerprint density at radius 2 is 1.68 bits per heavy atom. The molecule has 0 aromatic carbocycles. The zero-order chi connectivity index (χ0) is 18.6. The van der Waals surface area contributed by atoms with Gasteiger partial charge in [-0.15, -0.1) is 0 Å². The van der Waals surface area contributed by atoms with E-state index in [1.165, 1.54) is 4.90 Å². The Bertz CT molecular complexity index is 683. The van der Waals surface area contributed by atoms with E-state index < -0.39 is 11.4 Å². The van der Waals surface area contributed by atoms with Crippen LogP contribution in [0, 0.1) is 16.7 Å². The molecule has 0 bridgehead atoms. The third kappa shape index (κ3) is 2.47. The van der Waals surface area contributed by atoms with Crippen LogP contribution >= 0.6 is 0 Å². The first kappa shape index (κ1) is 17.9. The van der Waals surface area contributed by atoms with Crippen molar-refractivity contribution in [1.82, 2.24) is 4.90 Å². The summed E-state index contributed by atoms with van der Waals surface area (Å²) in [5, 5.41) is 9.91. The molecule has 1 fully saturated rings. The lowest BCUT2D eigenvalue weighted by Gasteiger charge is -2.20. The summed E-state index contributed by atoms with van der Waals surface area (Å²) in [5.74, 6) is -1.30. The van der Waals surface area contributed by atoms with E-state index in [-0.39, 0.29) is 29.7 Å². The average Bonchev–Trinajstić information content (AvgIpc) is 2.89. The Hall–Kier alpha value is -1.91. The second-order valence-electron chi connectivity index (χ2n) is 8.40. The fraction of sp³-hybridized carbons (Fsp3) is 0.650. The Labute approximate surface area is 148 Å². The van der Waals surface area contributed by atoms with Gasteiger partial charge in [0, 0.05) is 17.7 Å². The number of aliphatic carboxylic acids is 1. The van der Waals surface area contributed by atoms with E-state index >= 15 is 0 Å². The molecular formula is C20H27NO4. The SMILES string of the molecule is CC(C)=C[C@H]1C(C)(C)[C@@]1(CCN1C(=O)C2=C(CCCC2)C1=O)C(=O)O. The van der Waals surface area contributed by atoms with Gasteiger partial charge in [0.15, 0.2) is 0 Å². The predicted molar refractivity (Wildman–Crippen MR) is 93.6 cm³/mol. The fourth-order valence-corrected chi connectivity index (χ4v) is 4.86. The molecule has 136 valence electrons. The molecule has 0 unspecified atom stereocenters. The predicted octanol–water partition coefficient (Wildman–Crippen LogP) is 3.31. The molecule has 3 aliphatic rings. The maximum atomic E-state index is 12.6. The van der Waals surface area contributed by atoms with E-state index in [2.05, 4.69) is 0 Å². The maximum Gasteiger partial charge on any atom is 0.310 e. The summed E-state index contributed by atoms with van der Waals surface area (Å²) < 4.78 is 0. The van der Waals surface area contributed by atoms with Crippen molar-refractivity contribution in [2.45, 2.75) is 59.8 Å². The van der Waals surface area contributed by atoms with Crippen molar-refractivity contribution in [2.75, 3.05) is 6.54 Å². The normalized spacial score (nSPS) is 30.4. The first-order chi connectivity index (χ1) is 11.6. The van der Waals surface area contributed by atoms with Gasteiger partial charge < -0.3 is 5.11 Å². The topological polar surface area (TPSA) is 74.7 Å². The molecule has 1 aliphatic heterocycles. The van der Waals surface area contributed by atoms with Crippen molar-refractivity contribution in [1.29, 1.82) is 0 Å². The van der Waals surface area contributed by atoms with Gasteiger partial charge in [-0.3, -0.25) is 19.3 Å². The van der Waals surface area contributed by atoms with Gasteiger partial charge in [-0.05, 0) is 57.3 Å². The van der Waals surface area contributed by atoms with Crippen LogP contribution in [-0.4, -0.2) is 34.3 Å². The van der Waals surface area contributed by atoms with Crippen LogP contribution in [0.1, 0.15) is 59.8 Å². The fourth-order valence-electron chi connectivity index (χ4n) is 4.86. The molecule has 1 N–H and O–H groups in total. The molecular weight excluding hydrogens is 318 g/mol. The van der Waals surface area contributed by atoms with Gasteiger partial charge in [-0.2, -0.15) is 0 Å². The molecule has 0 aromatic heterocycles. The molecule has 2 aliphatic carbocycles. The van der Waals surface area contributed by atoms with Crippen LogP contribution in [-0.2, 0) is 14.4 Å². The summed E-state index contributed by atoms with van der Waals surface area (Å²) in [6.45, 7) is 8.04. The summed E-state index contributed by atoms with van der Waals surface area (Å²) in [7, 11) is 0. The highest BCUT2D eigenvalue weighted by molar-refractivity contribution is 6.19. The van der Waals surface area contributed by atoms with E-state index in [9.17, 15) is 19.5 Å². The Kier molecular flexibility index (Phi) is 4.17. The number of carbonyl (C=O) groups is 3. The lowest BCUT2D eigenvalue weighted by Crippen LogP contribution is -2.36. The van der Waals surface area contributed by atoms with E-state index in [4.69, 9.17) is 0 Å². The summed E-state index contributed by atoms with van der Waals surface area (Å²) in [5.41, 5.74) is 1.13. The standard InChI is InChI=1S/C20H27NO4/c1-12(2)11-15-19(3,4)20(15,18(24)25)9-10-21-16(22)13-7-5-6-8-14(13)17(21)23/h11,15H,5-10H2,1-4H3,(H,24,25)/t15-,20+/m0/s1. The molecule has 1 saturated carbocycles. The van der Waals surface area contributed by atoms with Gasteiger partial charge in [0.2, 0.25) is 0 Å². The first-order valence-corrected chi connectivity index (χ1v) is 9.11. The summed E-state index contributed by atoms with van der Waals surface area (Å²) >= 11 is 0. The van der Waals surface area contributed by atoms with Crippen molar-refractivity contribution in [3.05, 3.63) is 22.8 Å². The molecule has 1 heterocycles. The van der Waals surface area contributed by atoms with Gasteiger partial charge in [0.05, 0.1) is 5.41 Å². The molecule has 5 nitrogen and oxygen atoms in total. The smallest absolute Gasteiger partial charge is 0.310 e. The average molecular weight is 345 g/mol. The first-order valence-electron chi connectivity index (χ1n) is 9.11. The highest BCUT2D eigenvalue weighted by Crippen LogP contribution is 2.71. The Morgan fingerprint density at radius 1 is 1.16 bits per heavy atom. The van der Waals surface area contributed by atoms with Crippen molar-refractivity contribution < 1.29 is 19.5 Å². The number of carboxylic acid groups (broad SMARTS) is 1. The van der Waals surface area contributed by atoms with Crippen LogP contribution in [0.4, 0.5) is 0 Å². The number of nitrogens with zero attached hydrogens (tertiary/aromatic N) is 1. The lowest BCUT2D eigenvalue weighted by molar-refractivity contribution is -0.147. The molecule has 0 radical (unpaired) electrons. The minimum absolute atomic E-state index is 0.0714. The van der Waals surface area contributed by atoms with Crippen LogP contribution in [0.2, 0.25) is 0 Å². The second kappa shape index (κ2) is 5.82. The molecule has 2 atom stereocenters. The van der Waals surface area contributed by atoms with E-state index in [1.54, 1.807) is 0 Å². The third-order valence-electron chi connectivity index (χ3n) is 6.46. The van der Waals surface area contributed by atoms with Gasteiger partial charge in [0.25, 0.3) is 11.8 Å². The number of imide groups is 1. The zero-order valence-corrected chi connectivity index (χ0v) is 15.5. The number of amides is 2. The highest BCUT2D eigenvalue weighted by Gasteiger charge is 2.74. The minimum Gasteiger partial charge on any atom is -0.481 e. The maximum absolute atomic E-state index is 12.6. The molecule has 0 spiro atoms. The highest BCUT2D eigenvalue weighted by atomic mass is 16.4. The van der Waals surface area contributed by atoms with Crippen LogP contribution in [0.15, 0.2) is 22.8 Å². The second-order valence-corrected chi connectivity index (χ2v) is 8.40. The number of hydrogen-bond donors (Lipinski definition) is 1. The molecule has 0 saturated heterocycles. The Balaban J connectivity index is 1.79. The van der Waals surface area contributed by atoms with Crippen LogP contribution in [0.5, 0.6) is 0 Å². The molecule has 0 aromatic rings. The lowest BCUT2D eigenvalue weighted by atomic mass is 9.92. The van der Waals surface area contributed by atoms with Gasteiger partial charge in [0.1, 0.15) is 0 Å². The summed E-state index contributed by atoms with van der Waals surface area (Å²) in [6.07, 6.45) is 5.56. The molecule has 5 heteroatoms. The quantitative estimate of drug-likeness (QED) is 0.613. The van der Waals surface area contributed by atoms with Gasteiger partial charge >= 0.3 is 5.97 Å². The van der Waals surface area contributed by atoms with Crippen molar-refractivity contribution in [2.24, 2.45) is 16.7 Å². The number of carbonyl (C=O) groups excluding carboxylic acids is 2.